The van der Waals surface area contributed by atoms with Crippen LogP contribution in [0.4, 0.5) is 13.2 Å². The third-order valence-corrected chi connectivity index (χ3v) is 2.92. The highest BCUT2D eigenvalue weighted by atomic mass is 19.2. The van der Waals surface area contributed by atoms with Gasteiger partial charge in [-0.05, 0) is 13.1 Å². The quantitative estimate of drug-likeness (QED) is 0.841. The minimum Gasteiger partial charge on any atom is -0.376 e. The number of hydrogen-bond acceptors (Lipinski definition) is 3. The van der Waals surface area contributed by atoms with Gasteiger partial charge >= 0.3 is 0 Å². The van der Waals surface area contributed by atoms with Gasteiger partial charge in [0, 0.05) is 5.56 Å². The first-order valence-electron chi connectivity index (χ1n) is 5.65. The zero-order valence-corrected chi connectivity index (χ0v) is 9.88. The molecule has 0 radical (unpaired) electrons. The second-order valence-corrected chi connectivity index (χ2v) is 4.02. The molecule has 2 atom stereocenters. The van der Waals surface area contributed by atoms with Gasteiger partial charge in [0.15, 0.2) is 17.5 Å². The zero-order chi connectivity index (χ0) is 13.1. The van der Waals surface area contributed by atoms with E-state index in [1.807, 2.05) is 0 Å². The molecule has 6 heteroatoms. The largest absolute Gasteiger partial charge is 0.376 e. The molecular weight excluding hydrogens is 247 g/mol. The first-order valence-corrected chi connectivity index (χ1v) is 5.65. The standard InChI is InChI=1S/C12H14F3NO2/c1-16-12(9-6-17-4-5-18-9)7-2-3-8(13)11(15)10(7)14/h2-3,9,12,16H,4-6H2,1H3. The van der Waals surface area contributed by atoms with Crippen molar-refractivity contribution in [1.29, 1.82) is 0 Å². The summed E-state index contributed by atoms with van der Waals surface area (Å²) in [7, 11) is 1.60. The summed E-state index contributed by atoms with van der Waals surface area (Å²) in [6, 6.07) is 1.54. The highest BCUT2D eigenvalue weighted by Gasteiger charge is 2.29. The number of rotatable bonds is 3. The first-order chi connectivity index (χ1) is 8.65. The van der Waals surface area contributed by atoms with Crippen LogP contribution in [0.1, 0.15) is 11.6 Å². The summed E-state index contributed by atoms with van der Waals surface area (Å²) >= 11 is 0. The molecule has 0 aliphatic carbocycles. The van der Waals surface area contributed by atoms with Crippen molar-refractivity contribution in [2.75, 3.05) is 26.9 Å². The minimum absolute atomic E-state index is 0.0342. The molecule has 0 amide bonds. The summed E-state index contributed by atoms with van der Waals surface area (Å²) in [4.78, 5) is 0. The molecule has 1 aromatic carbocycles. The summed E-state index contributed by atoms with van der Waals surface area (Å²) in [5.41, 5.74) is 0.0342. The Bertz CT molecular complexity index is 422. The molecule has 1 saturated heterocycles. The van der Waals surface area contributed by atoms with E-state index in [0.29, 0.717) is 13.2 Å². The summed E-state index contributed by atoms with van der Waals surface area (Å²) < 4.78 is 50.5. The van der Waals surface area contributed by atoms with E-state index in [4.69, 9.17) is 9.47 Å². The van der Waals surface area contributed by atoms with Crippen molar-refractivity contribution in [2.24, 2.45) is 0 Å². The van der Waals surface area contributed by atoms with Crippen molar-refractivity contribution in [3.8, 4) is 0 Å². The van der Waals surface area contributed by atoms with Crippen LogP contribution in [0.15, 0.2) is 12.1 Å². The van der Waals surface area contributed by atoms with Crippen LogP contribution in [-0.2, 0) is 9.47 Å². The average molecular weight is 261 g/mol. The van der Waals surface area contributed by atoms with E-state index in [2.05, 4.69) is 5.32 Å². The molecule has 0 bridgehead atoms. The Morgan fingerprint density at radius 1 is 1.22 bits per heavy atom. The lowest BCUT2D eigenvalue weighted by atomic mass is 10.0. The Morgan fingerprint density at radius 3 is 2.61 bits per heavy atom. The number of halogens is 3. The molecule has 1 aliphatic rings. The van der Waals surface area contributed by atoms with Crippen molar-refractivity contribution in [3.05, 3.63) is 35.1 Å². The highest BCUT2D eigenvalue weighted by molar-refractivity contribution is 5.24. The summed E-state index contributed by atoms with van der Waals surface area (Å²) in [6.45, 7) is 1.16. The molecular formula is C12H14F3NO2. The Morgan fingerprint density at radius 2 is 2.00 bits per heavy atom. The summed E-state index contributed by atoms with van der Waals surface area (Å²) in [5, 5.41) is 2.84. The maximum Gasteiger partial charge on any atom is 0.194 e. The Balaban J connectivity index is 2.29. The molecule has 1 aliphatic heterocycles. The van der Waals surface area contributed by atoms with E-state index in [1.54, 1.807) is 7.05 Å². The topological polar surface area (TPSA) is 30.5 Å². The van der Waals surface area contributed by atoms with Crippen LogP contribution in [0.25, 0.3) is 0 Å². The predicted octanol–water partition coefficient (Wildman–Crippen LogP) is 1.78. The molecule has 1 aromatic rings. The second kappa shape index (κ2) is 5.69. The maximum atomic E-state index is 13.7. The molecule has 18 heavy (non-hydrogen) atoms. The van der Waals surface area contributed by atoms with E-state index < -0.39 is 29.6 Å². The molecule has 0 saturated carbocycles. The van der Waals surface area contributed by atoms with Crippen LogP contribution in [0.3, 0.4) is 0 Å². The lowest BCUT2D eigenvalue weighted by Gasteiger charge is -2.30. The zero-order valence-electron chi connectivity index (χ0n) is 9.88. The lowest BCUT2D eigenvalue weighted by molar-refractivity contribution is -0.102. The number of benzene rings is 1. The fourth-order valence-electron chi connectivity index (χ4n) is 2.02. The third-order valence-electron chi connectivity index (χ3n) is 2.92. The maximum absolute atomic E-state index is 13.7. The van der Waals surface area contributed by atoms with Gasteiger partial charge < -0.3 is 14.8 Å². The van der Waals surface area contributed by atoms with Crippen LogP contribution in [0, 0.1) is 17.5 Å². The Labute approximate surface area is 103 Å². The molecule has 100 valence electrons. The fourth-order valence-corrected chi connectivity index (χ4v) is 2.02. The van der Waals surface area contributed by atoms with Gasteiger partial charge in [-0.25, -0.2) is 13.2 Å². The van der Waals surface area contributed by atoms with Gasteiger partial charge in [-0.1, -0.05) is 6.07 Å². The van der Waals surface area contributed by atoms with Crippen LogP contribution >= 0.6 is 0 Å². The SMILES string of the molecule is CNC(c1ccc(F)c(F)c1F)C1COCCO1. The number of likely N-dealkylation sites (N-methyl/N-ethyl adjacent to an activating group) is 1. The van der Waals surface area contributed by atoms with Crippen molar-refractivity contribution < 1.29 is 22.6 Å². The number of nitrogens with one attached hydrogen (secondary N) is 1. The van der Waals surface area contributed by atoms with Gasteiger partial charge in [0.05, 0.1) is 25.9 Å². The van der Waals surface area contributed by atoms with Crippen LogP contribution in [-0.4, -0.2) is 33.0 Å². The first kappa shape index (κ1) is 13.3. The molecule has 1 fully saturated rings. The molecule has 0 aromatic heterocycles. The van der Waals surface area contributed by atoms with E-state index in [9.17, 15) is 13.2 Å². The van der Waals surface area contributed by atoms with E-state index in [0.717, 1.165) is 6.07 Å². The second-order valence-electron chi connectivity index (χ2n) is 4.02. The molecule has 0 spiro atoms. The molecule has 1 N–H and O–H groups in total. The van der Waals surface area contributed by atoms with Crippen LogP contribution in [0.2, 0.25) is 0 Å². The average Bonchev–Trinajstić information content (AvgIpc) is 2.41. The van der Waals surface area contributed by atoms with Gasteiger partial charge in [-0.15, -0.1) is 0 Å². The van der Waals surface area contributed by atoms with Crippen molar-refractivity contribution >= 4 is 0 Å². The number of hydrogen-bond donors (Lipinski definition) is 1. The fraction of sp³-hybridized carbons (Fsp3) is 0.500. The Hall–Kier alpha value is -1.11. The van der Waals surface area contributed by atoms with Gasteiger partial charge in [-0.2, -0.15) is 0 Å². The lowest BCUT2D eigenvalue weighted by Crippen LogP contribution is -2.39. The van der Waals surface area contributed by atoms with Crippen molar-refractivity contribution in [3.63, 3.8) is 0 Å². The van der Waals surface area contributed by atoms with E-state index in [1.165, 1.54) is 6.07 Å². The van der Waals surface area contributed by atoms with Crippen molar-refractivity contribution in [1.82, 2.24) is 5.32 Å². The van der Waals surface area contributed by atoms with Gasteiger partial charge in [0.1, 0.15) is 6.10 Å². The Kier molecular flexibility index (Phi) is 4.21. The third kappa shape index (κ3) is 2.50. The van der Waals surface area contributed by atoms with Crippen LogP contribution in [0.5, 0.6) is 0 Å². The monoisotopic (exact) mass is 261 g/mol. The van der Waals surface area contributed by atoms with E-state index >= 15 is 0 Å². The van der Waals surface area contributed by atoms with Gasteiger partial charge in [0.25, 0.3) is 0 Å². The van der Waals surface area contributed by atoms with E-state index in [-0.39, 0.29) is 12.2 Å². The molecule has 2 unspecified atom stereocenters. The molecule has 3 nitrogen and oxygen atoms in total. The van der Waals surface area contributed by atoms with Gasteiger partial charge in [-0.3, -0.25) is 0 Å². The molecule has 1 heterocycles. The van der Waals surface area contributed by atoms with Crippen LogP contribution < -0.4 is 5.32 Å². The highest BCUT2D eigenvalue weighted by Crippen LogP contribution is 2.26. The number of ether oxygens (including phenoxy) is 2. The smallest absolute Gasteiger partial charge is 0.194 e. The summed E-state index contributed by atoms with van der Waals surface area (Å²) in [5.74, 6) is -3.86. The summed E-state index contributed by atoms with van der Waals surface area (Å²) in [6.07, 6.45) is -0.428. The normalized spacial score (nSPS) is 21.9. The predicted molar refractivity (Wildman–Crippen MR) is 58.7 cm³/mol. The molecule has 2 rings (SSSR count). The van der Waals surface area contributed by atoms with Gasteiger partial charge in [0.2, 0.25) is 0 Å². The van der Waals surface area contributed by atoms with Crippen molar-refractivity contribution in [2.45, 2.75) is 12.1 Å². The minimum atomic E-state index is -1.47.